The van der Waals surface area contributed by atoms with Crippen molar-refractivity contribution < 1.29 is 14.3 Å². The number of fused-ring (bicyclic) bond motifs is 1. The van der Waals surface area contributed by atoms with Crippen molar-refractivity contribution in [2.75, 3.05) is 25.7 Å². The molecule has 9 heteroatoms. The van der Waals surface area contributed by atoms with Crippen LogP contribution in [0.5, 0.6) is 11.5 Å². The Balaban J connectivity index is 1.15. The van der Waals surface area contributed by atoms with Crippen molar-refractivity contribution >= 4 is 35.1 Å². The summed E-state index contributed by atoms with van der Waals surface area (Å²) >= 11 is 7.96. The lowest BCUT2D eigenvalue weighted by Gasteiger charge is -2.30. The van der Waals surface area contributed by atoms with Gasteiger partial charge in [0.15, 0.2) is 16.7 Å². The Bertz CT molecular complexity index is 1750. The van der Waals surface area contributed by atoms with Gasteiger partial charge in [-0.25, -0.2) is 9.97 Å². The highest BCUT2D eigenvalue weighted by Gasteiger charge is 2.22. The average Bonchev–Trinajstić information content (AvgIpc) is 3.09. The molecule has 4 aromatic carbocycles. The van der Waals surface area contributed by atoms with Crippen LogP contribution in [0.2, 0.25) is 5.15 Å². The van der Waals surface area contributed by atoms with Crippen LogP contribution in [0.4, 0.5) is 5.82 Å². The Morgan fingerprint density at radius 1 is 0.867 bits per heavy atom. The van der Waals surface area contributed by atoms with Crippen LogP contribution in [-0.2, 0) is 18.7 Å². The van der Waals surface area contributed by atoms with Crippen LogP contribution >= 0.6 is 23.4 Å². The second-order valence-electron chi connectivity index (χ2n) is 10.7. The molecule has 0 bridgehead atoms. The van der Waals surface area contributed by atoms with E-state index < -0.39 is 0 Å². The minimum absolute atomic E-state index is 0.138. The number of thioether (sulfide) groups is 1. The number of benzene rings is 4. The zero-order valence-electron chi connectivity index (χ0n) is 25.1. The molecule has 6 rings (SSSR count). The van der Waals surface area contributed by atoms with E-state index in [1.54, 1.807) is 20.3 Å². The van der Waals surface area contributed by atoms with Gasteiger partial charge >= 0.3 is 0 Å². The summed E-state index contributed by atoms with van der Waals surface area (Å²) in [5, 5.41) is 4.20. The maximum atomic E-state index is 13.5. The first-order valence-electron chi connectivity index (χ1n) is 14.7. The highest BCUT2D eigenvalue weighted by atomic mass is 35.5. The molecule has 5 aromatic rings. The van der Waals surface area contributed by atoms with Gasteiger partial charge in [-0.15, -0.1) is 0 Å². The van der Waals surface area contributed by atoms with Gasteiger partial charge in [-0.05, 0) is 58.5 Å². The number of carbonyl (C=O) groups excluding carboxylic acids is 1. The summed E-state index contributed by atoms with van der Waals surface area (Å²) in [6.07, 6.45) is 0.851. The van der Waals surface area contributed by atoms with E-state index in [0.717, 1.165) is 41.2 Å². The van der Waals surface area contributed by atoms with Gasteiger partial charge in [0, 0.05) is 30.5 Å². The third-order valence-electron chi connectivity index (χ3n) is 7.80. The molecule has 1 aliphatic heterocycles. The Morgan fingerprint density at radius 2 is 1.53 bits per heavy atom. The first-order valence-corrected chi connectivity index (χ1v) is 16.0. The second-order valence-corrected chi connectivity index (χ2v) is 12.0. The van der Waals surface area contributed by atoms with E-state index in [2.05, 4.69) is 21.3 Å². The fourth-order valence-electron chi connectivity index (χ4n) is 5.51. The molecule has 1 aromatic heterocycles. The third kappa shape index (κ3) is 7.24. The molecule has 1 amide bonds. The van der Waals surface area contributed by atoms with E-state index in [1.165, 1.54) is 22.9 Å². The number of methoxy groups -OCH3 is 2. The van der Waals surface area contributed by atoms with Gasteiger partial charge in [0.1, 0.15) is 11.0 Å². The first kappa shape index (κ1) is 30.5. The van der Waals surface area contributed by atoms with Gasteiger partial charge in [-0.3, -0.25) is 4.79 Å². The molecule has 0 atom stereocenters. The number of halogens is 1. The quantitative estimate of drug-likeness (QED) is 0.0965. The maximum Gasteiger partial charge on any atom is 0.252 e. The summed E-state index contributed by atoms with van der Waals surface area (Å²) in [4.78, 5) is 25.0. The monoisotopic (exact) mass is 636 g/mol. The van der Waals surface area contributed by atoms with Crippen LogP contribution in [0, 0.1) is 0 Å². The number of rotatable bonds is 10. The van der Waals surface area contributed by atoms with Crippen molar-refractivity contribution in [1.29, 1.82) is 0 Å². The van der Waals surface area contributed by atoms with Gasteiger partial charge in [0.05, 0.1) is 20.3 Å². The smallest absolute Gasteiger partial charge is 0.252 e. The predicted molar refractivity (Wildman–Crippen MR) is 180 cm³/mol. The summed E-state index contributed by atoms with van der Waals surface area (Å²) in [6.45, 7) is 1.47. The van der Waals surface area contributed by atoms with Crippen molar-refractivity contribution in [2.24, 2.45) is 0 Å². The van der Waals surface area contributed by atoms with E-state index in [4.69, 9.17) is 26.1 Å². The summed E-state index contributed by atoms with van der Waals surface area (Å²) < 4.78 is 11.0. The predicted octanol–water partition coefficient (Wildman–Crippen LogP) is 7.52. The molecule has 0 aliphatic carbocycles. The number of amides is 1. The SMILES string of the molecule is COc1cc2c(cc1OC)CN(c1cc(Cl)nc(SCc3cccc(C(=O)NC(c4ccccc4)c4ccccc4)c3)n1)CC2. The number of aromatic nitrogens is 2. The normalized spacial score (nSPS) is 12.5. The van der Waals surface area contributed by atoms with Gasteiger partial charge < -0.3 is 19.7 Å². The fraction of sp³-hybridized carbons (Fsp3) is 0.194. The van der Waals surface area contributed by atoms with E-state index in [0.29, 0.717) is 33.9 Å². The number of hydrogen-bond donors (Lipinski definition) is 1. The van der Waals surface area contributed by atoms with Gasteiger partial charge in [0.2, 0.25) is 0 Å². The van der Waals surface area contributed by atoms with Crippen LogP contribution in [0.25, 0.3) is 0 Å². The lowest BCUT2D eigenvalue weighted by Crippen LogP contribution is -2.31. The van der Waals surface area contributed by atoms with E-state index in [9.17, 15) is 4.79 Å². The van der Waals surface area contributed by atoms with Crippen molar-refractivity contribution in [1.82, 2.24) is 15.3 Å². The first-order chi connectivity index (χ1) is 22.0. The molecule has 0 fully saturated rings. The van der Waals surface area contributed by atoms with E-state index in [1.807, 2.05) is 91.0 Å². The molecule has 0 saturated carbocycles. The molecule has 2 heterocycles. The minimum atomic E-state index is -0.263. The molecule has 0 saturated heterocycles. The Kier molecular flexibility index (Phi) is 9.52. The highest BCUT2D eigenvalue weighted by Crippen LogP contribution is 2.35. The van der Waals surface area contributed by atoms with Crippen LogP contribution in [0.3, 0.4) is 0 Å². The molecule has 0 radical (unpaired) electrons. The topological polar surface area (TPSA) is 76.6 Å². The molecule has 1 aliphatic rings. The number of nitrogens with zero attached hydrogens (tertiary/aromatic N) is 3. The van der Waals surface area contributed by atoms with Crippen LogP contribution in [0.15, 0.2) is 108 Å². The number of carbonyl (C=O) groups is 1. The number of nitrogens with one attached hydrogen (secondary N) is 1. The zero-order chi connectivity index (χ0) is 31.2. The Morgan fingerprint density at radius 3 is 2.20 bits per heavy atom. The fourth-order valence-corrected chi connectivity index (χ4v) is 6.53. The van der Waals surface area contributed by atoms with Crippen LogP contribution < -0.4 is 19.7 Å². The maximum absolute atomic E-state index is 13.5. The average molecular weight is 637 g/mol. The van der Waals surface area contributed by atoms with Gasteiger partial charge in [-0.1, -0.05) is 96.2 Å². The zero-order valence-corrected chi connectivity index (χ0v) is 26.6. The highest BCUT2D eigenvalue weighted by molar-refractivity contribution is 7.98. The lowest BCUT2D eigenvalue weighted by atomic mass is 9.98. The van der Waals surface area contributed by atoms with E-state index >= 15 is 0 Å². The molecule has 1 N–H and O–H groups in total. The van der Waals surface area contributed by atoms with Crippen LogP contribution in [0.1, 0.15) is 44.2 Å². The summed E-state index contributed by atoms with van der Waals surface area (Å²) in [5.41, 5.74) is 6.03. The third-order valence-corrected chi connectivity index (χ3v) is 8.91. The van der Waals surface area contributed by atoms with E-state index in [-0.39, 0.29) is 11.9 Å². The molecular formula is C36H33ClN4O3S. The van der Waals surface area contributed by atoms with Crippen LogP contribution in [-0.4, -0.2) is 36.6 Å². The van der Waals surface area contributed by atoms with Crippen molar-refractivity contribution in [3.05, 3.63) is 142 Å². The molecular weight excluding hydrogens is 604 g/mol. The van der Waals surface area contributed by atoms with Crippen molar-refractivity contribution in [3.8, 4) is 11.5 Å². The summed E-state index contributed by atoms with van der Waals surface area (Å²) in [5.74, 6) is 2.67. The molecule has 228 valence electrons. The van der Waals surface area contributed by atoms with Crippen molar-refractivity contribution in [2.45, 2.75) is 29.9 Å². The number of anilines is 1. The summed E-state index contributed by atoms with van der Waals surface area (Å²) in [6, 6.07) is 33.3. The number of hydrogen-bond acceptors (Lipinski definition) is 7. The molecule has 45 heavy (non-hydrogen) atoms. The summed E-state index contributed by atoms with van der Waals surface area (Å²) in [7, 11) is 3.30. The second kappa shape index (κ2) is 14.1. The van der Waals surface area contributed by atoms with Gasteiger partial charge in [0.25, 0.3) is 5.91 Å². The molecule has 0 spiro atoms. The minimum Gasteiger partial charge on any atom is -0.493 e. The number of ether oxygens (including phenoxy) is 2. The van der Waals surface area contributed by atoms with Gasteiger partial charge in [-0.2, -0.15) is 0 Å². The Labute approximate surface area is 272 Å². The lowest BCUT2D eigenvalue weighted by molar-refractivity contribution is 0.0943. The molecule has 7 nitrogen and oxygen atoms in total. The molecule has 0 unspecified atom stereocenters. The van der Waals surface area contributed by atoms with Crippen molar-refractivity contribution in [3.63, 3.8) is 0 Å². The standard InChI is InChI=1S/C36H33ClN4O3S/c1-43-30-19-27-16-17-41(22-29(27)20-31(30)44-2)33-21-32(37)38-36(39-33)45-23-24-10-9-15-28(18-24)35(42)40-34(25-11-5-3-6-12-25)26-13-7-4-8-14-26/h3-15,18-21,34H,16-17,22-23H2,1-2H3,(H,40,42). The largest absolute Gasteiger partial charge is 0.493 e. The Hall–Kier alpha value is -4.53.